The van der Waals surface area contributed by atoms with Gasteiger partial charge in [-0.25, -0.2) is 4.79 Å². The van der Waals surface area contributed by atoms with E-state index in [0.717, 1.165) is 77.8 Å². The van der Waals surface area contributed by atoms with Crippen molar-refractivity contribution in [3.63, 3.8) is 0 Å². The SMILES string of the molecule is CCCN1CCC[C@@H]2Cc3c(ccc(O)c3O[C@@H]3O[C@H](C(=O)OC)[C@@H](OC(C)=O)[C@H](OC(C)=O)[C@H]3OC(C)=O)C[C@H]21. The Morgan fingerprint density at radius 1 is 0.976 bits per heavy atom. The molecule has 1 aromatic rings. The van der Waals surface area contributed by atoms with Crippen molar-refractivity contribution in [1.29, 1.82) is 0 Å². The number of carbonyl (C=O) groups excluding carboxylic acids is 4. The minimum absolute atomic E-state index is 0.131. The fourth-order valence-electron chi connectivity index (χ4n) is 6.29. The van der Waals surface area contributed by atoms with Gasteiger partial charge < -0.3 is 33.5 Å². The van der Waals surface area contributed by atoms with Gasteiger partial charge in [-0.15, -0.1) is 0 Å². The summed E-state index contributed by atoms with van der Waals surface area (Å²) in [6.07, 6.45) is -2.93. The zero-order chi connectivity index (χ0) is 29.8. The van der Waals surface area contributed by atoms with Crippen LogP contribution in [0.2, 0.25) is 0 Å². The summed E-state index contributed by atoms with van der Waals surface area (Å²) in [6, 6.07) is 3.80. The largest absolute Gasteiger partial charge is 0.504 e. The van der Waals surface area contributed by atoms with E-state index in [2.05, 4.69) is 11.8 Å². The average Bonchev–Trinajstić information content (AvgIpc) is 2.91. The minimum atomic E-state index is -1.59. The van der Waals surface area contributed by atoms with E-state index in [1.165, 1.54) is 6.07 Å². The average molecular weight is 578 g/mol. The van der Waals surface area contributed by atoms with Crippen molar-refractivity contribution < 1.29 is 52.7 Å². The maximum Gasteiger partial charge on any atom is 0.339 e. The summed E-state index contributed by atoms with van der Waals surface area (Å²) in [6.45, 7) is 7.62. The molecular weight excluding hydrogens is 538 g/mol. The monoisotopic (exact) mass is 577 g/mol. The molecule has 0 unspecified atom stereocenters. The number of fused-ring (bicyclic) bond motifs is 2. The molecule has 12 nitrogen and oxygen atoms in total. The Morgan fingerprint density at radius 2 is 1.63 bits per heavy atom. The number of phenols is 1. The molecule has 2 aliphatic heterocycles. The summed E-state index contributed by atoms with van der Waals surface area (Å²) >= 11 is 0. The molecule has 0 spiro atoms. The topological polar surface area (TPSA) is 147 Å². The van der Waals surface area contributed by atoms with E-state index in [4.69, 9.17) is 28.4 Å². The number of hydrogen-bond donors (Lipinski definition) is 1. The van der Waals surface area contributed by atoms with E-state index in [0.29, 0.717) is 18.4 Å². The maximum absolute atomic E-state index is 12.8. The molecule has 41 heavy (non-hydrogen) atoms. The van der Waals surface area contributed by atoms with E-state index in [9.17, 15) is 24.3 Å². The van der Waals surface area contributed by atoms with Crippen molar-refractivity contribution in [2.45, 2.75) is 96.5 Å². The van der Waals surface area contributed by atoms with Gasteiger partial charge in [0.25, 0.3) is 0 Å². The van der Waals surface area contributed by atoms with Crippen LogP contribution < -0.4 is 4.74 Å². The second-order valence-electron chi connectivity index (χ2n) is 10.8. The highest BCUT2D eigenvalue weighted by molar-refractivity contribution is 5.77. The van der Waals surface area contributed by atoms with Crippen LogP contribution in [0.1, 0.15) is 58.1 Å². The second-order valence-corrected chi connectivity index (χ2v) is 10.8. The van der Waals surface area contributed by atoms with Crippen molar-refractivity contribution in [3.8, 4) is 11.5 Å². The first-order valence-electron chi connectivity index (χ1n) is 14.0. The first-order chi connectivity index (χ1) is 19.5. The fourth-order valence-corrected chi connectivity index (χ4v) is 6.29. The van der Waals surface area contributed by atoms with Crippen LogP contribution in [0.5, 0.6) is 11.5 Å². The quantitative estimate of drug-likeness (QED) is 0.356. The molecule has 1 aromatic carbocycles. The third kappa shape index (κ3) is 6.75. The number of aromatic hydroxyl groups is 1. The molecule has 2 saturated heterocycles. The lowest BCUT2D eigenvalue weighted by Crippen LogP contribution is -2.64. The zero-order valence-corrected chi connectivity index (χ0v) is 24.1. The van der Waals surface area contributed by atoms with Crippen LogP contribution in [0.3, 0.4) is 0 Å². The zero-order valence-electron chi connectivity index (χ0n) is 24.1. The number of ether oxygens (including phenoxy) is 6. The normalized spacial score (nSPS) is 29.3. The number of nitrogens with zero attached hydrogens (tertiary/aromatic N) is 1. The van der Waals surface area contributed by atoms with Crippen molar-refractivity contribution in [3.05, 3.63) is 23.3 Å². The Hall–Kier alpha value is -3.38. The van der Waals surface area contributed by atoms with Crippen LogP contribution in [0, 0.1) is 5.92 Å². The highest BCUT2D eigenvalue weighted by atomic mass is 16.7. The van der Waals surface area contributed by atoms with Gasteiger partial charge in [-0.3, -0.25) is 19.3 Å². The Bertz CT molecular complexity index is 1150. The first kappa shape index (κ1) is 30.6. The van der Waals surface area contributed by atoms with E-state index >= 15 is 0 Å². The van der Waals surface area contributed by atoms with E-state index in [-0.39, 0.29) is 11.5 Å². The number of carbonyl (C=O) groups is 4. The molecule has 7 atom stereocenters. The fraction of sp³-hybridized carbons (Fsp3) is 0.655. The lowest BCUT2D eigenvalue weighted by Gasteiger charge is -2.45. The van der Waals surface area contributed by atoms with Gasteiger partial charge in [-0.1, -0.05) is 13.0 Å². The van der Waals surface area contributed by atoms with Crippen LogP contribution in [0.4, 0.5) is 0 Å². The molecule has 3 aliphatic rings. The standard InChI is InChI=1S/C29H39NO11/c1-6-11-30-12-7-8-19-13-20-18(14-21(19)30)9-10-22(34)23(20)40-29-27(39-17(4)33)25(38-16(3)32)24(37-15(2)31)26(41-29)28(35)36-5/h9-10,19,21,24-27,29,34H,6-8,11-14H2,1-5H3/t19-,21-,24+,25+,26+,27-,29-/m1/s1. The molecule has 0 amide bonds. The van der Waals surface area contributed by atoms with E-state index in [1.807, 2.05) is 6.07 Å². The summed E-state index contributed by atoms with van der Waals surface area (Å²) < 4.78 is 33.2. The third-order valence-corrected chi connectivity index (χ3v) is 7.84. The first-order valence-corrected chi connectivity index (χ1v) is 14.0. The number of benzene rings is 1. The summed E-state index contributed by atoms with van der Waals surface area (Å²) in [7, 11) is 1.12. The van der Waals surface area contributed by atoms with Crippen LogP contribution in [-0.2, 0) is 55.7 Å². The van der Waals surface area contributed by atoms with Gasteiger partial charge in [0.2, 0.25) is 12.4 Å². The molecule has 0 radical (unpaired) electrons. The molecule has 2 heterocycles. The summed E-state index contributed by atoms with van der Waals surface area (Å²) in [4.78, 5) is 51.5. The number of rotatable bonds is 8. The Morgan fingerprint density at radius 3 is 2.27 bits per heavy atom. The number of esters is 4. The smallest absolute Gasteiger partial charge is 0.339 e. The highest BCUT2D eigenvalue weighted by Gasteiger charge is 2.56. The van der Waals surface area contributed by atoms with Crippen LogP contribution >= 0.6 is 0 Å². The van der Waals surface area contributed by atoms with Crippen molar-refractivity contribution >= 4 is 23.9 Å². The molecule has 0 aromatic heterocycles. The summed E-state index contributed by atoms with van der Waals surface area (Å²) in [5.41, 5.74) is 1.82. The number of methoxy groups -OCH3 is 1. The molecule has 0 bridgehead atoms. The van der Waals surface area contributed by atoms with Crippen molar-refractivity contribution in [1.82, 2.24) is 4.90 Å². The van der Waals surface area contributed by atoms with Gasteiger partial charge in [0.1, 0.15) is 0 Å². The van der Waals surface area contributed by atoms with Gasteiger partial charge in [-0.05, 0) is 62.7 Å². The van der Waals surface area contributed by atoms with Crippen LogP contribution in [0.25, 0.3) is 0 Å². The molecule has 4 rings (SSSR count). The molecule has 1 aliphatic carbocycles. The molecule has 226 valence electrons. The van der Waals surface area contributed by atoms with E-state index < -0.39 is 54.6 Å². The molecule has 0 saturated carbocycles. The van der Waals surface area contributed by atoms with Crippen molar-refractivity contribution in [2.75, 3.05) is 20.2 Å². The number of likely N-dealkylation sites (tertiary alicyclic amines) is 1. The summed E-state index contributed by atoms with van der Waals surface area (Å²) in [5, 5.41) is 11.0. The Labute approximate surface area is 239 Å². The number of piperidine rings is 1. The van der Waals surface area contributed by atoms with Crippen LogP contribution in [-0.4, -0.2) is 90.8 Å². The number of hydrogen-bond acceptors (Lipinski definition) is 12. The van der Waals surface area contributed by atoms with Crippen LogP contribution in [0.15, 0.2) is 12.1 Å². The molecular formula is C29H39NO11. The van der Waals surface area contributed by atoms with E-state index in [1.54, 1.807) is 0 Å². The third-order valence-electron chi connectivity index (χ3n) is 7.84. The molecule has 1 N–H and O–H groups in total. The lowest BCUT2D eigenvalue weighted by atomic mass is 9.75. The molecule has 2 fully saturated rings. The Balaban J connectivity index is 1.73. The molecule has 12 heteroatoms. The number of phenolic OH excluding ortho intramolecular Hbond substituents is 1. The maximum atomic E-state index is 12.8. The summed E-state index contributed by atoms with van der Waals surface area (Å²) in [5.74, 6) is -2.94. The van der Waals surface area contributed by atoms with Crippen molar-refractivity contribution in [2.24, 2.45) is 5.92 Å². The van der Waals surface area contributed by atoms with Gasteiger partial charge >= 0.3 is 23.9 Å². The van der Waals surface area contributed by atoms with Gasteiger partial charge in [0, 0.05) is 32.4 Å². The Kier molecular flexibility index (Phi) is 9.75. The second kappa shape index (κ2) is 13.1. The minimum Gasteiger partial charge on any atom is -0.504 e. The highest BCUT2D eigenvalue weighted by Crippen LogP contribution is 2.44. The van der Waals surface area contributed by atoms with Gasteiger partial charge in [-0.2, -0.15) is 0 Å². The van der Waals surface area contributed by atoms with Gasteiger partial charge in [0.15, 0.2) is 29.8 Å². The predicted octanol–water partition coefficient (Wildman–Crippen LogP) is 2.05. The lowest BCUT2D eigenvalue weighted by molar-refractivity contribution is -0.282. The van der Waals surface area contributed by atoms with Gasteiger partial charge in [0.05, 0.1) is 7.11 Å². The predicted molar refractivity (Wildman–Crippen MR) is 142 cm³/mol.